The fourth-order valence-electron chi connectivity index (χ4n) is 0.488. The predicted molar refractivity (Wildman–Crippen MR) is 47.1 cm³/mol. The van der Waals surface area contributed by atoms with Crippen LogP contribution < -0.4 is 0 Å². The summed E-state index contributed by atoms with van der Waals surface area (Å²) in [5.41, 5.74) is 0. The standard InChI is InChI=1S/C7H12O5S/c1-5(12-13)7(9)11-4-3-10-6(2)8/h5,13H,3-4H2,1-2H3. The first-order valence-corrected chi connectivity index (χ1v) is 4.04. The van der Waals surface area contributed by atoms with Gasteiger partial charge in [0.1, 0.15) is 13.2 Å². The van der Waals surface area contributed by atoms with E-state index in [1.165, 1.54) is 13.8 Å². The number of thiol groups is 1. The van der Waals surface area contributed by atoms with Crippen LogP contribution in [0.1, 0.15) is 13.8 Å². The maximum Gasteiger partial charge on any atom is 0.336 e. The van der Waals surface area contributed by atoms with Crippen LogP contribution in [-0.4, -0.2) is 31.3 Å². The smallest absolute Gasteiger partial charge is 0.336 e. The summed E-state index contributed by atoms with van der Waals surface area (Å²) in [6.07, 6.45) is -0.722. The molecule has 76 valence electrons. The van der Waals surface area contributed by atoms with Crippen molar-refractivity contribution in [1.29, 1.82) is 0 Å². The van der Waals surface area contributed by atoms with Crippen LogP contribution in [0.3, 0.4) is 0 Å². The highest BCUT2D eigenvalue weighted by atomic mass is 32.1. The molecule has 0 amide bonds. The molecular formula is C7H12O5S. The van der Waals surface area contributed by atoms with Gasteiger partial charge in [-0.25, -0.2) is 4.79 Å². The van der Waals surface area contributed by atoms with E-state index in [1.54, 1.807) is 0 Å². The zero-order valence-electron chi connectivity index (χ0n) is 7.48. The molecule has 0 fully saturated rings. The quantitative estimate of drug-likeness (QED) is 0.305. The monoisotopic (exact) mass is 208 g/mol. The molecule has 0 bridgehead atoms. The summed E-state index contributed by atoms with van der Waals surface area (Å²) in [5.74, 6) is -0.948. The Kier molecular flexibility index (Phi) is 6.34. The van der Waals surface area contributed by atoms with E-state index < -0.39 is 18.0 Å². The number of carbonyl (C=O) groups excluding carboxylic acids is 2. The second kappa shape index (κ2) is 6.73. The molecule has 0 aliphatic carbocycles. The Morgan fingerprint density at radius 3 is 2.31 bits per heavy atom. The van der Waals surface area contributed by atoms with Gasteiger partial charge in [0.25, 0.3) is 0 Å². The van der Waals surface area contributed by atoms with Crippen molar-refractivity contribution < 1.29 is 23.2 Å². The minimum absolute atomic E-state index is 0.0277. The van der Waals surface area contributed by atoms with Gasteiger partial charge in [-0.15, -0.1) is 0 Å². The first-order valence-electron chi connectivity index (χ1n) is 3.68. The van der Waals surface area contributed by atoms with Crippen molar-refractivity contribution in [2.45, 2.75) is 20.0 Å². The summed E-state index contributed by atoms with van der Waals surface area (Å²) in [4.78, 5) is 21.2. The summed E-state index contributed by atoms with van der Waals surface area (Å²) in [5, 5.41) is 0. The first kappa shape index (κ1) is 12.2. The van der Waals surface area contributed by atoms with Crippen molar-refractivity contribution >= 4 is 24.8 Å². The van der Waals surface area contributed by atoms with Crippen LogP contribution in [0, 0.1) is 0 Å². The molecule has 1 atom stereocenters. The Balaban J connectivity index is 3.42. The minimum atomic E-state index is -0.722. The van der Waals surface area contributed by atoms with Crippen LogP contribution in [0.4, 0.5) is 0 Å². The molecule has 5 nitrogen and oxygen atoms in total. The molecule has 0 aromatic carbocycles. The fourth-order valence-corrected chi connectivity index (χ4v) is 0.574. The van der Waals surface area contributed by atoms with Gasteiger partial charge in [-0.2, -0.15) is 0 Å². The molecule has 6 heteroatoms. The average molecular weight is 208 g/mol. The maximum absolute atomic E-state index is 10.9. The molecule has 0 saturated heterocycles. The van der Waals surface area contributed by atoms with Gasteiger partial charge in [0, 0.05) is 6.92 Å². The Morgan fingerprint density at radius 2 is 1.85 bits per heavy atom. The Hall–Kier alpha value is -0.750. The SMILES string of the molecule is CC(=O)OCCOC(=O)C(C)OS. The number of carbonyl (C=O) groups is 2. The lowest BCUT2D eigenvalue weighted by molar-refractivity contribution is -0.155. The molecule has 1 unspecified atom stereocenters. The molecule has 0 aromatic heterocycles. The lowest BCUT2D eigenvalue weighted by atomic mass is 10.4. The number of ether oxygens (including phenoxy) is 2. The van der Waals surface area contributed by atoms with Gasteiger partial charge in [-0.3, -0.25) is 4.79 Å². The third-order valence-corrected chi connectivity index (χ3v) is 1.44. The number of esters is 2. The van der Waals surface area contributed by atoms with E-state index in [4.69, 9.17) is 0 Å². The Labute approximate surface area is 82.0 Å². The highest BCUT2D eigenvalue weighted by Crippen LogP contribution is 1.96. The van der Waals surface area contributed by atoms with Crippen LogP contribution >= 0.6 is 12.9 Å². The molecule has 0 heterocycles. The molecule has 13 heavy (non-hydrogen) atoms. The number of rotatable bonds is 5. The second-order valence-corrected chi connectivity index (χ2v) is 2.47. The third-order valence-electron chi connectivity index (χ3n) is 1.12. The molecule has 0 rings (SSSR count). The molecule has 0 aliphatic heterocycles. The van der Waals surface area contributed by atoms with Gasteiger partial charge < -0.3 is 13.7 Å². The van der Waals surface area contributed by atoms with E-state index in [0.717, 1.165) is 0 Å². The first-order chi connectivity index (χ1) is 6.07. The topological polar surface area (TPSA) is 61.8 Å². The van der Waals surface area contributed by atoms with Crippen molar-refractivity contribution in [3.05, 3.63) is 0 Å². The summed E-state index contributed by atoms with van der Waals surface area (Å²) in [6, 6.07) is 0. The summed E-state index contributed by atoms with van der Waals surface area (Å²) in [6.45, 7) is 2.86. The normalized spacial score (nSPS) is 11.9. The van der Waals surface area contributed by atoms with Crippen molar-refractivity contribution in [3.63, 3.8) is 0 Å². The van der Waals surface area contributed by atoms with E-state index in [2.05, 4.69) is 26.6 Å². The van der Waals surface area contributed by atoms with Crippen molar-refractivity contribution in [1.82, 2.24) is 0 Å². The molecular weight excluding hydrogens is 196 g/mol. The number of hydrogen-bond acceptors (Lipinski definition) is 6. The summed E-state index contributed by atoms with van der Waals surface area (Å²) < 4.78 is 13.6. The minimum Gasteiger partial charge on any atom is -0.462 e. The van der Waals surface area contributed by atoms with E-state index in [0.29, 0.717) is 0 Å². The van der Waals surface area contributed by atoms with E-state index in [1.807, 2.05) is 0 Å². The van der Waals surface area contributed by atoms with Crippen LogP contribution in [-0.2, 0) is 23.2 Å². The summed E-state index contributed by atoms with van der Waals surface area (Å²) >= 11 is 3.45. The zero-order chi connectivity index (χ0) is 10.3. The molecule has 0 aliphatic rings. The van der Waals surface area contributed by atoms with Crippen LogP contribution in [0.15, 0.2) is 0 Å². The fraction of sp³-hybridized carbons (Fsp3) is 0.714. The highest BCUT2D eigenvalue weighted by Gasteiger charge is 2.13. The van der Waals surface area contributed by atoms with Gasteiger partial charge in [0.15, 0.2) is 6.10 Å². The van der Waals surface area contributed by atoms with Crippen molar-refractivity contribution in [2.75, 3.05) is 13.2 Å². The van der Waals surface area contributed by atoms with Gasteiger partial charge >= 0.3 is 11.9 Å². The van der Waals surface area contributed by atoms with E-state index >= 15 is 0 Å². The molecule has 0 spiro atoms. The average Bonchev–Trinajstić information content (AvgIpc) is 2.10. The molecule has 0 saturated carbocycles. The maximum atomic E-state index is 10.9. The van der Waals surface area contributed by atoms with Crippen LogP contribution in [0.5, 0.6) is 0 Å². The highest BCUT2D eigenvalue weighted by molar-refractivity contribution is 7.75. The lowest BCUT2D eigenvalue weighted by Gasteiger charge is -2.08. The largest absolute Gasteiger partial charge is 0.462 e. The van der Waals surface area contributed by atoms with Crippen molar-refractivity contribution in [3.8, 4) is 0 Å². The van der Waals surface area contributed by atoms with E-state index in [9.17, 15) is 9.59 Å². The van der Waals surface area contributed by atoms with Crippen LogP contribution in [0.2, 0.25) is 0 Å². The molecule has 0 N–H and O–H groups in total. The van der Waals surface area contributed by atoms with Gasteiger partial charge in [-0.1, -0.05) is 0 Å². The Bertz CT molecular complexity index is 182. The van der Waals surface area contributed by atoms with Crippen molar-refractivity contribution in [2.24, 2.45) is 0 Å². The molecule has 0 aromatic rings. The number of hydrogen-bond donors (Lipinski definition) is 1. The van der Waals surface area contributed by atoms with E-state index in [-0.39, 0.29) is 13.2 Å². The lowest BCUT2D eigenvalue weighted by Crippen LogP contribution is -2.22. The predicted octanol–water partition coefficient (Wildman–Crippen LogP) is 0.343. The third kappa shape index (κ3) is 6.41. The summed E-state index contributed by atoms with van der Waals surface area (Å²) in [7, 11) is 0. The zero-order valence-corrected chi connectivity index (χ0v) is 8.37. The van der Waals surface area contributed by atoms with Crippen LogP contribution in [0.25, 0.3) is 0 Å². The van der Waals surface area contributed by atoms with Gasteiger partial charge in [0.2, 0.25) is 0 Å². The molecule has 0 radical (unpaired) electrons. The Morgan fingerprint density at radius 1 is 1.31 bits per heavy atom. The van der Waals surface area contributed by atoms with Gasteiger partial charge in [0.05, 0.1) is 0 Å². The second-order valence-electron chi connectivity index (χ2n) is 2.26. The van der Waals surface area contributed by atoms with Gasteiger partial charge in [-0.05, 0) is 19.8 Å².